The van der Waals surface area contributed by atoms with E-state index in [2.05, 4.69) is 10.6 Å². The minimum absolute atomic E-state index is 0.240. The average molecular weight is 405 g/mol. The lowest BCUT2D eigenvalue weighted by molar-refractivity contribution is -0.704. The van der Waals surface area contributed by atoms with Crippen molar-refractivity contribution in [1.29, 1.82) is 0 Å². The van der Waals surface area contributed by atoms with Crippen LogP contribution < -0.4 is 15.6 Å². The van der Waals surface area contributed by atoms with Crippen LogP contribution >= 0.6 is 23.4 Å². The van der Waals surface area contributed by atoms with Crippen molar-refractivity contribution in [1.82, 2.24) is 5.27 Å². The molecule has 1 unspecified atom stereocenters. The number of anilines is 1. The highest BCUT2D eigenvalue weighted by molar-refractivity contribution is 8.00. The van der Waals surface area contributed by atoms with Crippen LogP contribution in [0.15, 0.2) is 56.8 Å². The molecule has 0 aliphatic carbocycles. The summed E-state index contributed by atoms with van der Waals surface area (Å²) < 4.78 is 6.45. The number of nitrogens with zero attached hydrogens (tertiary/aromatic N) is 1. The van der Waals surface area contributed by atoms with Gasteiger partial charge in [0.25, 0.3) is 0 Å². The van der Waals surface area contributed by atoms with Crippen molar-refractivity contribution in [2.75, 3.05) is 5.32 Å². The van der Waals surface area contributed by atoms with Gasteiger partial charge in [0, 0.05) is 22.8 Å². The second-order valence-corrected chi connectivity index (χ2v) is 7.91. The lowest BCUT2D eigenvalue weighted by Crippen LogP contribution is -2.37. The number of carbonyl (C=O) groups is 1. The molecule has 0 spiro atoms. The van der Waals surface area contributed by atoms with E-state index < -0.39 is 10.9 Å². The highest BCUT2D eigenvalue weighted by Crippen LogP contribution is 2.23. The Balaban J connectivity index is 1.77. The van der Waals surface area contributed by atoms with E-state index in [-0.39, 0.29) is 5.91 Å². The predicted molar refractivity (Wildman–Crippen MR) is 106 cm³/mol. The SMILES string of the molecule is Cc1ccc(-[n+]2[nH]oc(=O)c2SC(C)C(=O)Nc2ccc(C)c(Cl)c2)cc1. The van der Waals surface area contributed by atoms with Crippen LogP contribution in [0.4, 0.5) is 5.69 Å². The van der Waals surface area contributed by atoms with Crippen LogP contribution in [-0.4, -0.2) is 16.4 Å². The molecule has 6 nitrogen and oxygen atoms in total. The number of aromatic amines is 1. The third-order valence-corrected chi connectivity index (χ3v) is 5.54. The summed E-state index contributed by atoms with van der Waals surface area (Å²) in [5, 5.41) is 5.74. The summed E-state index contributed by atoms with van der Waals surface area (Å²) in [5.74, 6) is -0.240. The Morgan fingerprint density at radius 3 is 2.59 bits per heavy atom. The molecule has 0 aliphatic rings. The number of hydrogen-bond donors (Lipinski definition) is 2. The van der Waals surface area contributed by atoms with Crippen LogP contribution in [0, 0.1) is 13.8 Å². The Morgan fingerprint density at radius 2 is 1.93 bits per heavy atom. The van der Waals surface area contributed by atoms with Gasteiger partial charge < -0.3 is 5.32 Å². The van der Waals surface area contributed by atoms with Crippen LogP contribution in [0.2, 0.25) is 5.02 Å². The first-order valence-electron chi connectivity index (χ1n) is 8.29. The van der Waals surface area contributed by atoms with Crippen molar-refractivity contribution in [3.8, 4) is 5.69 Å². The smallest absolute Gasteiger partial charge is 0.325 e. The van der Waals surface area contributed by atoms with Crippen molar-refractivity contribution >= 4 is 35.0 Å². The number of hydrogen-bond acceptors (Lipinski definition) is 4. The molecule has 1 amide bonds. The van der Waals surface area contributed by atoms with Crippen LogP contribution in [-0.2, 0) is 4.79 Å². The molecule has 0 saturated carbocycles. The fraction of sp³-hybridized carbons (Fsp3) is 0.211. The summed E-state index contributed by atoms with van der Waals surface area (Å²) in [6.07, 6.45) is 0. The molecule has 8 heteroatoms. The summed E-state index contributed by atoms with van der Waals surface area (Å²) in [6, 6.07) is 12.9. The molecular formula is C19H19ClN3O3S+. The molecule has 0 radical (unpaired) electrons. The maximum Gasteiger partial charge on any atom is 0.442 e. The van der Waals surface area contributed by atoms with E-state index in [4.69, 9.17) is 16.1 Å². The highest BCUT2D eigenvalue weighted by atomic mass is 35.5. The van der Waals surface area contributed by atoms with E-state index >= 15 is 0 Å². The van der Waals surface area contributed by atoms with Gasteiger partial charge in [0.2, 0.25) is 11.6 Å². The normalized spacial score (nSPS) is 12.0. The molecular weight excluding hydrogens is 386 g/mol. The molecule has 3 rings (SSSR count). The third kappa shape index (κ3) is 4.43. The maximum atomic E-state index is 12.5. The molecule has 3 aromatic rings. The van der Waals surface area contributed by atoms with E-state index in [1.54, 1.807) is 19.1 Å². The summed E-state index contributed by atoms with van der Waals surface area (Å²) in [5.41, 5.74) is 2.85. The molecule has 2 N–H and O–H groups in total. The molecule has 0 bridgehead atoms. The van der Waals surface area contributed by atoms with Crippen LogP contribution in [0.5, 0.6) is 0 Å². The Labute approximate surface area is 165 Å². The van der Waals surface area contributed by atoms with Crippen LogP contribution in [0.3, 0.4) is 0 Å². The molecule has 140 valence electrons. The zero-order chi connectivity index (χ0) is 19.6. The van der Waals surface area contributed by atoms with Gasteiger partial charge in [0.1, 0.15) is 0 Å². The average Bonchev–Trinajstić information content (AvgIpc) is 2.99. The molecule has 0 aliphatic heterocycles. The van der Waals surface area contributed by atoms with Crippen molar-refractivity contribution in [2.24, 2.45) is 0 Å². The number of amides is 1. The second kappa shape index (κ2) is 8.02. The molecule has 0 saturated heterocycles. The first-order valence-corrected chi connectivity index (χ1v) is 9.55. The lowest BCUT2D eigenvalue weighted by Gasteiger charge is -2.10. The standard InChI is InChI=1S/C19H18ClN3O3S/c1-11-4-8-15(9-5-11)23-18(19(25)26-22-23)27-13(3)17(24)21-14-7-6-12(2)16(20)10-14/h4-10,13H,1-3H3,(H-,21,22,24,25)/p+1. The van der Waals surface area contributed by atoms with Crippen LogP contribution in [0.25, 0.3) is 5.69 Å². The highest BCUT2D eigenvalue weighted by Gasteiger charge is 2.29. The number of aromatic nitrogens is 2. The van der Waals surface area contributed by atoms with Crippen molar-refractivity contribution < 1.29 is 14.0 Å². The lowest BCUT2D eigenvalue weighted by atomic mass is 10.2. The van der Waals surface area contributed by atoms with Gasteiger partial charge in [0.15, 0.2) is 0 Å². The van der Waals surface area contributed by atoms with E-state index in [9.17, 15) is 9.59 Å². The van der Waals surface area contributed by atoms with Gasteiger partial charge >= 0.3 is 10.7 Å². The Kier molecular flexibility index (Phi) is 5.72. The zero-order valence-corrected chi connectivity index (χ0v) is 16.6. The first kappa shape index (κ1) is 19.3. The number of benzene rings is 2. The number of thioether (sulfide) groups is 1. The van der Waals surface area contributed by atoms with Gasteiger partial charge in [-0.2, -0.15) is 0 Å². The molecule has 27 heavy (non-hydrogen) atoms. The number of rotatable bonds is 5. The quantitative estimate of drug-likeness (QED) is 0.502. The van der Waals surface area contributed by atoms with Gasteiger partial charge in [-0.3, -0.25) is 9.32 Å². The van der Waals surface area contributed by atoms with Crippen molar-refractivity contribution in [3.63, 3.8) is 0 Å². The minimum atomic E-state index is -0.529. The van der Waals surface area contributed by atoms with Gasteiger partial charge in [-0.1, -0.05) is 35.4 Å². The second-order valence-electron chi connectivity index (χ2n) is 6.17. The zero-order valence-electron chi connectivity index (χ0n) is 15.1. The van der Waals surface area contributed by atoms with Crippen molar-refractivity contribution in [3.05, 3.63) is 69.0 Å². The number of carbonyl (C=O) groups excluding carboxylic acids is 1. The molecule has 0 fully saturated rings. The molecule has 1 aromatic heterocycles. The van der Waals surface area contributed by atoms with E-state index in [0.29, 0.717) is 15.7 Å². The van der Waals surface area contributed by atoms with E-state index in [0.717, 1.165) is 28.6 Å². The number of halogens is 1. The van der Waals surface area contributed by atoms with Gasteiger partial charge in [-0.05, 0) is 60.2 Å². The summed E-state index contributed by atoms with van der Waals surface area (Å²) in [4.78, 5) is 24.6. The molecule has 2 aromatic carbocycles. The molecule has 1 heterocycles. The van der Waals surface area contributed by atoms with E-state index in [1.165, 1.54) is 4.68 Å². The number of aryl methyl sites for hydroxylation is 2. The fourth-order valence-corrected chi connectivity index (χ4v) is 3.43. The number of H-pyrrole nitrogens is 1. The molecule has 1 atom stereocenters. The van der Waals surface area contributed by atoms with Gasteiger partial charge in [-0.25, -0.2) is 4.79 Å². The van der Waals surface area contributed by atoms with Gasteiger partial charge in [0.05, 0.1) is 5.25 Å². The van der Waals surface area contributed by atoms with Gasteiger partial charge in [-0.15, -0.1) is 0 Å². The topological polar surface area (TPSA) is 79.0 Å². The maximum absolute atomic E-state index is 12.5. The Bertz CT molecular complexity index is 1030. The predicted octanol–water partition coefficient (Wildman–Crippen LogP) is 3.63. The summed E-state index contributed by atoms with van der Waals surface area (Å²) in [7, 11) is 0. The Hall–Kier alpha value is -2.51. The Morgan fingerprint density at radius 1 is 1.22 bits per heavy atom. The van der Waals surface area contributed by atoms with Crippen molar-refractivity contribution in [2.45, 2.75) is 31.0 Å². The first-order chi connectivity index (χ1) is 12.8. The largest absolute Gasteiger partial charge is 0.442 e. The summed E-state index contributed by atoms with van der Waals surface area (Å²) >= 11 is 7.21. The third-order valence-electron chi connectivity index (χ3n) is 4.00. The monoisotopic (exact) mass is 404 g/mol. The fourth-order valence-electron chi connectivity index (χ4n) is 2.36. The summed E-state index contributed by atoms with van der Waals surface area (Å²) in [6.45, 7) is 5.59. The van der Waals surface area contributed by atoms with E-state index in [1.807, 2.05) is 44.2 Å². The van der Waals surface area contributed by atoms with Crippen LogP contribution in [0.1, 0.15) is 18.1 Å². The minimum Gasteiger partial charge on any atom is -0.325 e. The number of nitrogens with one attached hydrogen (secondary N) is 2.